The Bertz CT molecular complexity index is 1070. The number of aryl methyl sites for hydroxylation is 2. The van der Waals surface area contributed by atoms with E-state index in [2.05, 4.69) is 0 Å². The van der Waals surface area contributed by atoms with E-state index in [4.69, 9.17) is 0 Å². The molecule has 1 amide bonds. The maximum atomic E-state index is 14.0. The zero-order chi connectivity index (χ0) is 19.7. The smallest absolute Gasteiger partial charge is 0.329 e. The first-order chi connectivity index (χ1) is 13.6. The molecule has 1 heterocycles. The molecule has 0 radical (unpaired) electrons. The average molecular weight is 381 g/mol. The van der Waals surface area contributed by atoms with Crippen LogP contribution in [0.25, 0.3) is 11.0 Å². The Hall–Kier alpha value is -2.89. The summed E-state index contributed by atoms with van der Waals surface area (Å²) in [7, 11) is 0. The van der Waals surface area contributed by atoms with E-state index in [0.717, 1.165) is 23.9 Å². The van der Waals surface area contributed by atoms with Crippen LogP contribution in [0.5, 0.6) is 0 Å². The van der Waals surface area contributed by atoms with Crippen molar-refractivity contribution in [3.8, 4) is 0 Å². The Morgan fingerprint density at radius 3 is 2.36 bits per heavy atom. The summed E-state index contributed by atoms with van der Waals surface area (Å²) in [4.78, 5) is 27.4. The molecular weight excluding hydrogens is 357 g/mol. The van der Waals surface area contributed by atoms with Gasteiger partial charge in [0, 0.05) is 37.7 Å². The van der Waals surface area contributed by atoms with Gasteiger partial charge in [-0.15, -0.1) is 0 Å². The van der Waals surface area contributed by atoms with Gasteiger partial charge in [0.25, 0.3) is 0 Å². The largest absolute Gasteiger partial charge is 0.335 e. The number of fused-ring (bicyclic) bond motifs is 1. The summed E-state index contributed by atoms with van der Waals surface area (Å²) in [5.41, 5.74) is 2.16. The van der Waals surface area contributed by atoms with Crippen molar-refractivity contribution >= 4 is 16.9 Å². The lowest BCUT2D eigenvalue weighted by Crippen LogP contribution is -2.34. The van der Waals surface area contributed by atoms with E-state index >= 15 is 0 Å². The first-order valence-electron chi connectivity index (χ1n) is 9.81. The summed E-state index contributed by atoms with van der Waals surface area (Å²) in [5, 5.41) is 0. The second kappa shape index (κ2) is 7.62. The normalized spacial score (nSPS) is 13.8. The van der Waals surface area contributed by atoms with Crippen LogP contribution in [0.4, 0.5) is 4.39 Å². The lowest BCUT2D eigenvalue weighted by atomic mass is 10.2. The van der Waals surface area contributed by atoms with Crippen LogP contribution >= 0.6 is 0 Å². The van der Waals surface area contributed by atoms with Gasteiger partial charge >= 0.3 is 5.69 Å². The maximum absolute atomic E-state index is 14.0. The van der Waals surface area contributed by atoms with Gasteiger partial charge in [0.2, 0.25) is 5.91 Å². The van der Waals surface area contributed by atoms with Crippen molar-refractivity contribution in [1.82, 2.24) is 14.0 Å². The first kappa shape index (κ1) is 18.5. The number of nitrogens with zero attached hydrogens (tertiary/aromatic N) is 3. The maximum Gasteiger partial charge on any atom is 0.329 e. The molecule has 2 aromatic carbocycles. The summed E-state index contributed by atoms with van der Waals surface area (Å²) >= 11 is 0. The van der Waals surface area contributed by atoms with E-state index in [9.17, 15) is 14.0 Å². The Labute approximate surface area is 163 Å². The molecule has 1 fully saturated rings. The van der Waals surface area contributed by atoms with Crippen molar-refractivity contribution in [2.75, 3.05) is 0 Å². The van der Waals surface area contributed by atoms with E-state index < -0.39 is 0 Å². The Morgan fingerprint density at radius 1 is 1.07 bits per heavy atom. The van der Waals surface area contributed by atoms with Gasteiger partial charge in [-0.05, 0) is 38.0 Å². The van der Waals surface area contributed by atoms with Gasteiger partial charge in [-0.1, -0.05) is 30.3 Å². The van der Waals surface area contributed by atoms with Gasteiger partial charge in [-0.25, -0.2) is 9.18 Å². The zero-order valence-corrected chi connectivity index (χ0v) is 16.0. The third-order valence-corrected chi connectivity index (χ3v) is 5.40. The van der Waals surface area contributed by atoms with Crippen LogP contribution in [0.15, 0.2) is 53.3 Å². The molecule has 3 aromatic rings. The summed E-state index contributed by atoms with van der Waals surface area (Å²) in [5.74, 6) is -0.325. The second-order valence-corrected chi connectivity index (χ2v) is 7.26. The quantitative estimate of drug-likeness (QED) is 0.628. The van der Waals surface area contributed by atoms with Crippen molar-refractivity contribution in [2.24, 2.45) is 0 Å². The van der Waals surface area contributed by atoms with Crippen molar-refractivity contribution in [3.63, 3.8) is 0 Å². The number of carbonyl (C=O) groups excluding carboxylic acids is 1. The molecule has 0 saturated heterocycles. The third kappa shape index (κ3) is 3.46. The highest BCUT2D eigenvalue weighted by atomic mass is 19.1. The van der Waals surface area contributed by atoms with Crippen LogP contribution in [0.1, 0.15) is 31.7 Å². The number of imidazole rings is 1. The topological polar surface area (TPSA) is 47.2 Å². The second-order valence-electron chi connectivity index (χ2n) is 7.26. The molecule has 0 bridgehead atoms. The Kier molecular flexibility index (Phi) is 5.03. The third-order valence-electron chi connectivity index (χ3n) is 5.40. The first-order valence-corrected chi connectivity index (χ1v) is 9.81. The van der Waals surface area contributed by atoms with E-state index in [-0.39, 0.29) is 36.4 Å². The molecule has 1 saturated carbocycles. The van der Waals surface area contributed by atoms with Crippen molar-refractivity contribution in [1.29, 1.82) is 0 Å². The molecule has 0 aliphatic heterocycles. The number of hydrogen-bond acceptors (Lipinski definition) is 2. The molecule has 1 aromatic heterocycles. The average Bonchev–Trinajstić information content (AvgIpc) is 3.50. The van der Waals surface area contributed by atoms with Crippen molar-refractivity contribution < 1.29 is 9.18 Å². The summed E-state index contributed by atoms with van der Waals surface area (Å²) in [6.07, 6.45) is 2.13. The number of aromatic nitrogens is 2. The fourth-order valence-electron chi connectivity index (χ4n) is 3.76. The minimum absolute atomic E-state index is 0.0361. The number of benzene rings is 2. The molecule has 1 aliphatic carbocycles. The molecule has 0 spiro atoms. The molecule has 6 heteroatoms. The SMILES string of the molecule is CCn1c(=O)n(CCC(=O)N(Cc2ccccc2F)C2CC2)c2ccccc21. The lowest BCUT2D eigenvalue weighted by molar-refractivity contribution is -0.132. The lowest BCUT2D eigenvalue weighted by Gasteiger charge is -2.23. The number of rotatable bonds is 7. The summed E-state index contributed by atoms with van der Waals surface area (Å²) in [6.45, 7) is 3.13. The molecule has 146 valence electrons. The highest BCUT2D eigenvalue weighted by Crippen LogP contribution is 2.29. The van der Waals surface area contributed by atoms with Gasteiger partial charge in [0.15, 0.2) is 0 Å². The molecule has 28 heavy (non-hydrogen) atoms. The van der Waals surface area contributed by atoms with Gasteiger partial charge < -0.3 is 4.90 Å². The molecule has 0 N–H and O–H groups in total. The van der Waals surface area contributed by atoms with Gasteiger partial charge in [0.1, 0.15) is 5.82 Å². The number of carbonyl (C=O) groups is 1. The predicted octanol–water partition coefficient (Wildman–Crippen LogP) is 3.54. The highest BCUT2D eigenvalue weighted by Gasteiger charge is 2.32. The summed E-state index contributed by atoms with van der Waals surface area (Å²) in [6, 6.07) is 14.4. The number of hydrogen-bond donors (Lipinski definition) is 0. The van der Waals surface area contributed by atoms with Crippen LogP contribution < -0.4 is 5.69 Å². The van der Waals surface area contributed by atoms with Crippen LogP contribution in [0.3, 0.4) is 0 Å². The number of halogens is 1. The minimum atomic E-state index is -0.289. The van der Waals surface area contributed by atoms with E-state index in [0.29, 0.717) is 18.7 Å². The molecular formula is C22H24FN3O2. The predicted molar refractivity (Wildman–Crippen MR) is 106 cm³/mol. The molecule has 5 nitrogen and oxygen atoms in total. The van der Waals surface area contributed by atoms with Crippen LogP contribution in [0.2, 0.25) is 0 Å². The highest BCUT2D eigenvalue weighted by molar-refractivity contribution is 5.78. The van der Waals surface area contributed by atoms with Gasteiger partial charge in [-0.2, -0.15) is 0 Å². The van der Waals surface area contributed by atoms with E-state index in [1.165, 1.54) is 6.07 Å². The molecule has 1 aliphatic rings. The van der Waals surface area contributed by atoms with Gasteiger partial charge in [-0.3, -0.25) is 13.9 Å². The van der Waals surface area contributed by atoms with Crippen LogP contribution in [-0.4, -0.2) is 26.0 Å². The van der Waals surface area contributed by atoms with E-state index in [1.807, 2.05) is 31.2 Å². The fraction of sp³-hybridized carbons (Fsp3) is 0.364. The summed E-state index contributed by atoms with van der Waals surface area (Å²) < 4.78 is 17.4. The van der Waals surface area contributed by atoms with Gasteiger partial charge in [0.05, 0.1) is 11.0 Å². The molecule has 4 rings (SSSR count). The van der Waals surface area contributed by atoms with Crippen LogP contribution in [0, 0.1) is 5.82 Å². The van der Waals surface area contributed by atoms with Crippen molar-refractivity contribution in [2.45, 2.75) is 51.9 Å². The molecule has 0 unspecified atom stereocenters. The fourth-order valence-corrected chi connectivity index (χ4v) is 3.76. The zero-order valence-electron chi connectivity index (χ0n) is 16.0. The Morgan fingerprint density at radius 2 is 1.71 bits per heavy atom. The number of para-hydroxylation sites is 2. The monoisotopic (exact) mass is 381 g/mol. The minimum Gasteiger partial charge on any atom is -0.335 e. The van der Waals surface area contributed by atoms with E-state index in [1.54, 1.807) is 32.2 Å². The van der Waals surface area contributed by atoms with Crippen LogP contribution in [-0.2, 0) is 24.4 Å². The molecule has 0 atom stereocenters. The number of amides is 1. The Balaban J connectivity index is 1.53. The van der Waals surface area contributed by atoms with Crippen molar-refractivity contribution in [3.05, 3.63) is 70.4 Å². The standard InChI is InChI=1S/C22H24FN3O2/c1-2-24-19-9-5-6-10-20(19)25(22(24)28)14-13-21(27)26(17-11-12-17)15-16-7-3-4-8-18(16)23/h3-10,17H,2,11-15H2,1H3.